The van der Waals surface area contributed by atoms with Crippen molar-refractivity contribution in [1.29, 1.82) is 0 Å². The molecular weight excluding hydrogens is 314 g/mol. The molecule has 1 aliphatic rings. The molecule has 0 saturated heterocycles. The SMILES string of the molecule is CC(ON=C(N)c1ccc(Cl)cc1)C(=O)NC1CCCCCC1. The van der Waals surface area contributed by atoms with Crippen LogP contribution in [0.5, 0.6) is 0 Å². The van der Waals surface area contributed by atoms with Gasteiger partial charge in [-0.2, -0.15) is 0 Å². The molecule has 1 fully saturated rings. The zero-order chi connectivity index (χ0) is 16.7. The number of nitrogens with one attached hydrogen (secondary N) is 1. The second-order valence-corrected chi connectivity index (χ2v) is 6.36. The minimum atomic E-state index is -0.677. The zero-order valence-electron chi connectivity index (χ0n) is 13.4. The zero-order valence-corrected chi connectivity index (χ0v) is 14.2. The van der Waals surface area contributed by atoms with Crippen LogP contribution >= 0.6 is 11.6 Å². The van der Waals surface area contributed by atoms with E-state index in [1.807, 2.05) is 0 Å². The molecule has 1 aromatic carbocycles. The number of hydrogen-bond acceptors (Lipinski definition) is 3. The van der Waals surface area contributed by atoms with Gasteiger partial charge in [-0.3, -0.25) is 4.79 Å². The molecule has 0 radical (unpaired) electrons. The van der Waals surface area contributed by atoms with E-state index in [0.717, 1.165) is 12.8 Å². The molecule has 5 nitrogen and oxygen atoms in total. The van der Waals surface area contributed by atoms with Gasteiger partial charge in [-0.15, -0.1) is 0 Å². The van der Waals surface area contributed by atoms with Crippen LogP contribution in [0, 0.1) is 0 Å². The number of benzene rings is 1. The van der Waals surface area contributed by atoms with Crippen molar-refractivity contribution >= 4 is 23.3 Å². The third kappa shape index (κ3) is 5.75. The molecule has 3 N–H and O–H groups in total. The van der Waals surface area contributed by atoms with Crippen LogP contribution in [0.2, 0.25) is 5.02 Å². The number of hydrogen-bond donors (Lipinski definition) is 2. The second-order valence-electron chi connectivity index (χ2n) is 5.93. The van der Waals surface area contributed by atoms with Gasteiger partial charge in [-0.25, -0.2) is 0 Å². The fourth-order valence-corrected chi connectivity index (χ4v) is 2.73. The van der Waals surface area contributed by atoms with Crippen molar-refractivity contribution < 1.29 is 9.63 Å². The van der Waals surface area contributed by atoms with Crippen molar-refractivity contribution in [1.82, 2.24) is 5.32 Å². The first-order chi connectivity index (χ1) is 11.1. The maximum Gasteiger partial charge on any atom is 0.263 e. The second kappa shape index (κ2) is 8.77. The number of amidine groups is 1. The number of rotatable bonds is 5. The lowest BCUT2D eigenvalue weighted by Gasteiger charge is -2.18. The van der Waals surface area contributed by atoms with E-state index in [1.54, 1.807) is 31.2 Å². The van der Waals surface area contributed by atoms with Crippen molar-refractivity contribution in [3.05, 3.63) is 34.9 Å². The Morgan fingerprint density at radius 1 is 1.26 bits per heavy atom. The summed E-state index contributed by atoms with van der Waals surface area (Å²) in [7, 11) is 0. The quantitative estimate of drug-likeness (QED) is 0.375. The monoisotopic (exact) mass is 337 g/mol. The summed E-state index contributed by atoms with van der Waals surface area (Å²) in [5.41, 5.74) is 6.55. The van der Waals surface area contributed by atoms with Crippen molar-refractivity contribution in [3.63, 3.8) is 0 Å². The van der Waals surface area contributed by atoms with Gasteiger partial charge in [0.25, 0.3) is 5.91 Å². The third-order valence-electron chi connectivity index (χ3n) is 4.02. The summed E-state index contributed by atoms with van der Waals surface area (Å²) >= 11 is 5.82. The fraction of sp³-hybridized carbons (Fsp3) is 0.529. The Balaban J connectivity index is 1.84. The Morgan fingerprint density at radius 3 is 2.48 bits per heavy atom. The topological polar surface area (TPSA) is 76.7 Å². The smallest absolute Gasteiger partial charge is 0.263 e. The Bertz CT molecular complexity index is 537. The van der Waals surface area contributed by atoms with Crippen LogP contribution in [0.1, 0.15) is 51.0 Å². The van der Waals surface area contributed by atoms with Gasteiger partial charge in [-0.05, 0) is 44.0 Å². The molecule has 0 heterocycles. The Labute approximate surface area is 142 Å². The number of nitrogens with zero attached hydrogens (tertiary/aromatic N) is 1. The molecule has 1 aliphatic carbocycles. The number of amides is 1. The number of nitrogens with two attached hydrogens (primary N) is 1. The molecule has 23 heavy (non-hydrogen) atoms. The van der Waals surface area contributed by atoms with Gasteiger partial charge in [0.1, 0.15) is 0 Å². The first-order valence-electron chi connectivity index (χ1n) is 8.12. The lowest BCUT2D eigenvalue weighted by atomic mass is 10.1. The van der Waals surface area contributed by atoms with E-state index in [2.05, 4.69) is 10.5 Å². The van der Waals surface area contributed by atoms with Crippen molar-refractivity contribution in [2.24, 2.45) is 10.9 Å². The predicted molar refractivity (Wildman–Crippen MR) is 92.4 cm³/mol. The molecule has 0 aliphatic heterocycles. The highest BCUT2D eigenvalue weighted by molar-refractivity contribution is 6.30. The number of halogens is 1. The summed E-state index contributed by atoms with van der Waals surface area (Å²) < 4.78 is 0. The van der Waals surface area contributed by atoms with Crippen LogP contribution in [-0.4, -0.2) is 23.9 Å². The predicted octanol–water partition coefficient (Wildman–Crippen LogP) is 3.20. The van der Waals surface area contributed by atoms with Gasteiger partial charge in [0.2, 0.25) is 6.10 Å². The third-order valence-corrected chi connectivity index (χ3v) is 4.27. The summed E-state index contributed by atoms with van der Waals surface area (Å²) in [5, 5.41) is 7.51. The molecule has 0 aromatic heterocycles. The maximum atomic E-state index is 12.2. The average Bonchev–Trinajstić information content (AvgIpc) is 2.81. The number of oxime groups is 1. The molecule has 1 atom stereocenters. The van der Waals surface area contributed by atoms with E-state index in [9.17, 15) is 4.79 Å². The first-order valence-corrected chi connectivity index (χ1v) is 8.49. The lowest BCUT2D eigenvalue weighted by molar-refractivity contribution is -0.132. The Hall–Kier alpha value is -1.75. The molecule has 6 heteroatoms. The van der Waals surface area contributed by atoms with E-state index in [-0.39, 0.29) is 17.8 Å². The van der Waals surface area contributed by atoms with Gasteiger partial charge in [-0.1, -0.05) is 42.4 Å². The van der Waals surface area contributed by atoms with Gasteiger partial charge in [0.15, 0.2) is 5.84 Å². The standard InChI is InChI=1S/C17H24ClN3O2/c1-12(17(22)20-15-6-4-2-3-5-7-15)23-21-16(19)13-8-10-14(18)11-9-13/h8-12,15H,2-7H2,1H3,(H2,19,21)(H,20,22). The largest absolute Gasteiger partial charge is 0.381 e. The van der Waals surface area contributed by atoms with Crippen LogP contribution in [0.25, 0.3) is 0 Å². The molecule has 1 aromatic rings. The van der Waals surface area contributed by atoms with Crippen LogP contribution in [-0.2, 0) is 9.63 Å². The molecule has 0 spiro atoms. The van der Waals surface area contributed by atoms with E-state index >= 15 is 0 Å². The molecule has 2 rings (SSSR count). The number of carbonyl (C=O) groups excluding carboxylic acids is 1. The normalized spacial score (nSPS) is 18.1. The van der Waals surface area contributed by atoms with E-state index in [0.29, 0.717) is 10.6 Å². The van der Waals surface area contributed by atoms with Gasteiger partial charge >= 0.3 is 0 Å². The maximum absolute atomic E-state index is 12.2. The van der Waals surface area contributed by atoms with E-state index in [1.165, 1.54) is 25.7 Å². The summed E-state index contributed by atoms with van der Waals surface area (Å²) in [6, 6.07) is 7.19. The van der Waals surface area contributed by atoms with Crippen molar-refractivity contribution in [3.8, 4) is 0 Å². The van der Waals surface area contributed by atoms with Gasteiger partial charge in [0, 0.05) is 16.6 Å². The molecule has 126 valence electrons. The molecule has 0 bridgehead atoms. The molecular formula is C17H24ClN3O2. The van der Waals surface area contributed by atoms with Crippen molar-refractivity contribution in [2.45, 2.75) is 57.6 Å². The molecule has 1 unspecified atom stereocenters. The van der Waals surface area contributed by atoms with E-state index < -0.39 is 6.10 Å². The first kappa shape index (κ1) is 17.6. The fourth-order valence-electron chi connectivity index (χ4n) is 2.60. The molecule has 1 amide bonds. The highest BCUT2D eigenvalue weighted by atomic mass is 35.5. The lowest BCUT2D eigenvalue weighted by Crippen LogP contribution is -2.40. The highest BCUT2D eigenvalue weighted by Crippen LogP contribution is 2.17. The Kier molecular flexibility index (Phi) is 6.71. The highest BCUT2D eigenvalue weighted by Gasteiger charge is 2.20. The van der Waals surface area contributed by atoms with E-state index in [4.69, 9.17) is 22.2 Å². The minimum absolute atomic E-state index is 0.149. The number of carbonyl (C=O) groups is 1. The van der Waals surface area contributed by atoms with Crippen LogP contribution in [0.3, 0.4) is 0 Å². The molecule has 1 saturated carbocycles. The summed E-state index contributed by atoms with van der Waals surface area (Å²) in [5.74, 6) is 0.0698. The summed E-state index contributed by atoms with van der Waals surface area (Å²) in [6.07, 6.45) is 6.23. The minimum Gasteiger partial charge on any atom is -0.381 e. The van der Waals surface area contributed by atoms with Crippen molar-refractivity contribution in [2.75, 3.05) is 0 Å². The van der Waals surface area contributed by atoms with Crippen LogP contribution in [0.4, 0.5) is 0 Å². The summed E-state index contributed by atoms with van der Waals surface area (Å²) in [6.45, 7) is 1.67. The van der Waals surface area contributed by atoms with Gasteiger partial charge < -0.3 is 15.9 Å². The van der Waals surface area contributed by atoms with Crippen LogP contribution in [0.15, 0.2) is 29.4 Å². The average molecular weight is 338 g/mol. The van der Waals surface area contributed by atoms with Gasteiger partial charge in [0.05, 0.1) is 0 Å². The Morgan fingerprint density at radius 2 is 1.87 bits per heavy atom. The summed E-state index contributed by atoms with van der Waals surface area (Å²) in [4.78, 5) is 17.4. The van der Waals surface area contributed by atoms with Crippen LogP contribution < -0.4 is 11.1 Å².